The fraction of sp³-hybridized carbons (Fsp3) is 0.182. The number of anilines is 1. The van der Waals surface area contributed by atoms with Gasteiger partial charge in [0.05, 0.1) is 12.8 Å². The van der Waals surface area contributed by atoms with E-state index in [-0.39, 0.29) is 11.4 Å². The van der Waals surface area contributed by atoms with Gasteiger partial charge in [-0.2, -0.15) is 10.1 Å². The second kappa shape index (κ2) is 7.94. The number of rotatable bonds is 5. The number of hydrogen-bond acceptors (Lipinski definition) is 6. The molecule has 2 aromatic heterocycles. The lowest BCUT2D eigenvalue weighted by Crippen LogP contribution is -2.37. The van der Waals surface area contributed by atoms with Crippen molar-refractivity contribution in [2.24, 2.45) is 19.2 Å². The molecule has 158 valence electrons. The summed E-state index contributed by atoms with van der Waals surface area (Å²) in [5.74, 6) is 0.505. The Morgan fingerprint density at radius 3 is 2.39 bits per heavy atom. The second-order valence-corrected chi connectivity index (χ2v) is 7.35. The molecule has 0 saturated heterocycles. The zero-order chi connectivity index (χ0) is 22.1. The van der Waals surface area contributed by atoms with Gasteiger partial charge in [-0.05, 0) is 42.3 Å². The summed E-state index contributed by atoms with van der Waals surface area (Å²) in [6.45, 7) is 2.38. The van der Waals surface area contributed by atoms with E-state index in [1.807, 2.05) is 31.2 Å². The number of fused-ring (bicyclic) bond motifs is 1. The molecule has 2 heterocycles. The van der Waals surface area contributed by atoms with Gasteiger partial charge < -0.3 is 5.11 Å². The Bertz CT molecular complexity index is 1390. The number of aromatic hydroxyl groups is 1. The largest absolute Gasteiger partial charge is 0.508 e. The number of nitrogens with one attached hydrogen (secondary N) is 1. The predicted octanol–water partition coefficient (Wildman–Crippen LogP) is 1.94. The zero-order valence-electron chi connectivity index (χ0n) is 17.4. The van der Waals surface area contributed by atoms with E-state index in [1.165, 1.54) is 11.6 Å². The molecule has 4 rings (SSSR count). The van der Waals surface area contributed by atoms with Crippen LogP contribution < -0.4 is 16.7 Å². The van der Waals surface area contributed by atoms with Crippen LogP contribution in [-0.4, -0.2) is 30.0 Å². The molecule has 0 aliphatic rings. The molecule has 9 nitrogen and oxygen atoms in total. The highest BCUT2D eigenvalue weighted by Gasteiger charge is 2.19. The quantitative estimate of drug-likeness (QED) is 0.381. The Morgan fingerprint density at radius 1 is 1.03 bits per heavy atom. The van der Waals surface area contributed by atoms with Crippen LogP contribution in [0.15, 0.2) is 63.2 Å². The van der Waals surface area contributed by atoms with Crippen molar-refractivity contribution in [3.63, 3.8) is 0 Å². The molecule has 2 aromatic carbocycles. The zero-order valence-corrected chi connectivity index (χ0v) is 17.4. The van der Waals surface area contributed by atoms with Crippen LogP contribution in [0.1, 0.15) is 16.7 Å². The van der Waals surface area contributed by atoms with E-state index in [9.17, 15) is 14.7 Å². The number of hydrazone groups is 1. The number of nitrogens with zero attached hydrogens (tertiary/aromatic N) is 5. The first-order valence-electron chi connectivity index (χ1n) is 9.65. The smallest absolute Gasteiger partial charge is 0.332 e. The van der Waals surface area contributed by atoms with Crippen molar-refractivity contribution in [2.75, 3.05) is 5.43 Å². The number of phenols is 1. The fourth-order valence-electron chi connectivity index (χ4n) is 3.29. The van der Waals surface area contributed by atoms with Crippen LogP contribution in [0.3, 0.4) is 0 Å². The summed E-state index contributed by atoms with van der Waals surface area (Å²) in [5, 5.41) is 13.6. The molecule has 0 saturated carbocycles. The van der Waals surface area contributed by atoms with Crippen molar-refractivity contribution in [1.29, 1.82) is 0 Å². The van der Waals surface area contributed by atoms with E-state index in [4.69, 9.17) is 0 Å². The lowest BCUT2D eigenvalue weighted by Gasteiger charge is -2.09. The van der Waals surface area contributed by atoms with Crippen molar-refractivity contribution in [1.82, 2.24) is 18.7 Å². The molecule has 31 heavy (non-hydrogen) atoms. The summed E-state index contributed by atoms with van der Waals surface area (Å²) in [6.07, 6.45) is 1.58. The van der Waals surface area contributed by atoms with E-state index in [2.05, 4.69) is 15.5 Å². The molecule has 0 aliphatic carbocycles. The third kappa shape index (κ3) is 3.85. The van der Waals surface area contributed by atoms with Gasteiger partial charge in [-0.15, -0.1) is 0 Å². The van der Waals surface area contributed by atoms with Gasteiger partial charge in [0.1, 0.15) is 5.75 Å². The van der Waals surface area contributed by atoms with Gasteiger partial charge in [-0.1, -0.05) is 29.8 Å². The minimum atomic E-state index is -0.448. The van der Waals surface area contributed by atoms with E-state index in [0.717, 1.165) is 21.3 Å². The number of phenolic OH excluding ortho intramolecular Hbond substituents is 1. The van der Waals surface area contributed by atoms with Crippen LogP contribution in [0.4, 0.5) is 5.95 Å². The Kier molecular flexibility index (Phi) is 5.16. The molecule has 9 heteroatoms. The third-order valence-electron chi connectivity index (χ3n) is 5.08. The first-order chi connectivity index (χ1) is 14.8. The molecular formula is C22H22N6O3. The van der Waals surface area contributed by atoms with Gasteiger partial charge in [-0.3, -0.25) is 18.5 Å². The second-order valence-electron chi connectivity index (χ2n) is 7.35. The lowest BCUT2D eigenvalue weighted by molar-refractivity contribution is 0.475. The molecule has 0 fully saturated rings. The number of aryl methyl sites for hydroxylation is 2. The summed E-state index contributed by atoms with van der Waals surface area (Å²) in [5.41, 5.74) is 5.49. The Labute approximate surface area is 177 Å². The normalized spacial score (nSPS) is 11.5. The van der Waals surface area contributed by atoms with Gasteiger partial charge in [0.25, 0.3) is 5.56 Å². The van der Waals surface area contributed by atoms with Crippen LogP contribution in [0.5, 0.6) is 5.75 Å². The van der Waals surface area contributed by atoms with Crippen molar-refractivity contribution in [3.8, 4) is 5.75 Å². The third-order valence-corrected chi connectivity index (χ3v) is 5.08. The minimum Gasteiger partial charge on any atom is -0.508 e. The maximum absolute atomic E-state index is 12.9. The number of benzene rings is 2. The molecule has 0 atom stereocenters. The minimum absolute atomic E-state index is 0.168. The van der Waals surface area contributed by atoms with Crippen LogP contribution in [0.2, 0.25) is 0 Å². The molecule has 2 N–H and O–H groups in total. The molecule has 0 unspecified atom stereocenters. The van der Waals surface area contributed by atoms with Crippen LogP contribution in [-0.2, 0) is 20.6 Å². The Morgan fingerprint density at radius 2 is 1.71 bits per heavy atom. The van der Waals surface area contributed by atoms with Crippen molar-refractivity contribution in [2.45, 2.75) is 13.5 Å². The van der Waals surface area contributed by atoms with Gasteiger partial charge in [-0.25, -0.2) is 10.2 Å². The summed E-state index contributed by atoms with van der Waals surface area (Å²) < 4.78 is 4.13. The van der Waals surface area contributed by atoms with E-state index >= 15 is 0 Å². The van der Waals surface area contributed by atoms with Crippen molar-refractivity contribution < 1.29 is 5.11 Å². The van der Waals surface area contributed by atoms with Gasteiger partial charge >= 0.3 is 5.69 Å². The summed E-state index contributed by atoms with van der Waals surface area (Å²) >= 11 is 0. The molecule has 0 radical (unpaired) electrons. The maximum Gasteiger partial charge on any atom is 0.332 e. The maximum atomic E-state index is 12.9. The molecular weight excluding hydrogens is 396 g/mol. The average molecular weight is 418 g/mol. The monoisotopic (exact) mass is 418 g/mol. The van der Waals surface area contributed by atoms with Crippen LogP contribution in [0, 0.1) is 6.92 Å². The summed E-state index contributed by atoms with van der Waals surface area (Å²) in [4.78, 5) is 29.7. The van der Waals surface area contributed by atoms with Crippen LogP contribution in [0.25, 0.3) is 11.2 Å². The predicted molar refractivity (Wildman–Crippen MR) is 120 cm³/mol. The number of aromatic nitrogens is 4. The number of hydrogen-bond donors (Lipinski definition) is 2. The molecule has 0 aliphatic heterocycles. The molecule has 0 amide bonds. The average Bonchev–Trinajstić information content (AvgIpc) is 3.12. The molecule has 4 aromatic rings. The standard InChI is InChI=1S/C22H22N6O3/c1-14-4-6-16(7-5-14)13-28-18-19(26(2)22(31)27(3)20(18)30)24-21(28)25-23-12-15-8-10-17(29)11-9-15/h4-12,29H,13H2,1-3H3,(H,24,25)/b23-12+. The first-order valence-corrected chi connectivity index (χ1v) is 9.65. The van der Waals surface area contributed by atoms with Crippen molar-refractivity contribution >= 4 is 23.3 Å². The molecule has 0 spiro atoms. The first kappa shape index (κ1) is 20.1. The van der Waals surface area contributed by atoms with E-state index in [0.29, 0.717) is 18.0 Å². The fourth-order valence-corrected chi connectivity index (χ4v) is 3.29. The Hall–Kier alpha value is -4.14. The van der Waals surface area contributed by atoms with Gasteiger partial charge in [0, 0.05) is 14.1 Å². The van der Waals surface area contributed by atoms with Crippen LogP contribution >= 0.6 is 0 Å². The highest BCUT2D eigenvalue weighted by Crippen LogP contribution is 2.18. The van der Waals surface area contributed by atoms with E-state index < -0.39 is 11.2 Å². The SMILES string of the molecule is Cc1ccc(Cn2c(N/N=C/c3ccc(O)cc3)nc3c2c(=O)n(C)c(=O)n3C)cc1. The summed E-state index contributed by atoms with van der Waals surface area (Å²) in [7, 11) is 3.03. The van der Waals surface area contributed by atoms with Crippen molar-refractivity contribution in [3.05, 3.63) is 86.1 Å². The van der Waals surface area contributed by atoms with Gasteiger partial charge in [0.2, 0.25) is 5.95 Å². The lowest BCUT2D eigenvalue weighted by atomic mass is 10.1. The highest BCUT2D eigenvalue weighted by atomic mass is 16.3. The number of imidazole rings is 1. The topological polar surface area (TPSA) is 106 Å². The Balaban J connectivity index is 1.80. The molecule has 0 bridgehead atoms. The summed E-state index contributed by atoms with van der Waals surface area (Å²) in [6, 6.07) is 14.5. The highest BCUT2D eigenvalue weighted by molar-refractivity contribution is 5.80. The van der Waals surface area contributed by atoms with Gasteiger partial charge in [0.15, 0.2) is 11.2 Å². The van der Waals surface area contributed by atoms with E-state index in [1.54, 1.807) is 42.1 Å².